The van der Waals surface area contributed by atoms with E-state index in [0.29, 0.717) is 11.3 Å². The van der Waals surface area contributed by atoms with Gasteiger partial charge in [0.15, 0.2) is 0 Å². The maximum absolute atomic E-state index is 11.9. The first-order valence-electron chi connectivity index (χ1n) is 8.48. The summed E-state index contributed by atoms with van der Waals surface area (Å²) in [7, 11) is 2.82. The van der Waals surface area contributed by atoms with Gasteiger partial charge in [0.25, 0.3) is 5.91 Å². The molecule has 0 spiro atoms. The number of hydrogen-bond donors (Lipinski definition) is 3. The molecule has 9 nitrogen and oxygen atoms in total. The minimum absolute atomic E-state index is 0.0997. The van der Waals surface area contributed by atoms with Crippen LogP contribution in [0.15, 0.2) is 24.3 Å². The van der Waals surface area contributed by atoms with E-state index in [1.807, 2.05) is 0 Å². The number of rotatable bonds is 11. The minimum atomic E-state index is -0.403. The molecule has 3 amide bonds. The first-order valence-corrected chi connectivity index (χ1v) is 8.48. The predicted octanol–water partition coefficient (Wildman–Crippen LogP) is 0.000700. The number of ether oxygens (including phenoxy) is 2. The number of nitrogens with one attached hydrogen (secondary N) is 3. The number of hydrogen-bond acceptors (Lipinski definition) is 6. The van der Waals surface area contributed by atoms with Gasteiger partial charge in [-0.3, -0.25) is 19.2 Å². The van der Waals surface area contributed by atoms with Crippen LogP contribution < -0.4 is 20.7 Å². The standard InChI is InChI=1S/C18H25N3O6/c1-26-14-5-3-13(4-6-14)18(25)21-11-8-16(23)19-10-7-15(22)20-12-9-17(24)27-2/h3-6H,7-12H2,1-2H3,(H,19,23)(H,20,22)(H,21,25). The van der Waals surface area contributed by atoms with Crippen LogP contribution in [0, 0.1) is 0 Å². The summed E-state index contributed by atoms with van der Waals surface area (Å²) in [4.78, 5) is 46.0. The fraction of sp³-hybridized carbons (Fsp3) is 0.444. The molecule has 0 saturated heterocycles. The van der Waals surface area contributed by atoms with E-state index in [0.717, 1.165) is 0 Å². The summed E-state index contributed by atoms with van der Waals surface area (Å²) in [5.74, 6) is -0.574. The summed E-state index contributed by atoms with van der Waals surface area (Å²) in [5.41, 5.74) is 0.472. The largest absolute Gasteiger partial charge is 0.497 e. The Morgan fingerprint density at radius 2 is 1.30 bits per heavy atom. The van der Waals surface area contributed by atoms with Gasteiger partial charge in [-0.2, -0.15) is 0 Å². The van der Waals surface area contributed by atoms with E-state index in [4.69, 9.17) is 4.74 Å². The Labute approximate surface area is 157 Å². The molecule has 0 bridgehead atoms. The van der Waals surface area contributed by atoms with Crippen molar-refractivity contribution in [1.82, 2.24) is 16.0 Å². The lowest BCUT2D eigenvalue weighted by molar-refractivity contribution is -0.140. The molecule has 3 N–H and O–H groups in total. The maximum Gasteiger partial charge on any atom is 0.307 e. The normalized spacial score (nSPS) is 9.85. The summed E-state index contributed by atoms with van der Waals surface area (Å²) in [6.07, 6.45) is 0.305. The van der Waals surface area contributed by atoms with Crippen molar-refractivity contribution in [3.63, 3.8) is 0 Å². The number of methoxy groups -OCH3 is 2. The van der Waals surface area contributed by atoms with Crippen LogP contribution in [0.4, 0.5) is 0 Å². The molecule has 0 saturated carbocycles. The zero-order chi connectivity index (χ0) is 20.1. The number of benzene rings is 1. The second kappa shape index (κ2) is 12.3. The second-order valence-electron chi connectivity index (χ2n) is 5.51. The first-order chi connectivity index (χ1) is 13.0. The predicted molar refractivity (Wildman–Crippen MR) is 97.2 cm³/mol. The van der Waals surface area contributed by atoms with E-state index < -0.39 is 5.97 Å². The fourth-order valence-corrected chi connectivity index (χ4v) is 2.03. The van der Waals surface area contributed by atoms with Crippen molar-refractivity contribution in [2.24, 2.45) is 0 Å². The lowest BCUT2D eigenvalue weighted by Gasteiger charge is -2.08. The van der Waals surface area contributed by atoms with Crippen LogP contribution in [-0.2, 0) is 19.1 Å². The van der Waals surface area contributed by atoms with Crippen molar-refractivity contribution >= 4 is 23.7 Å². The minimum Gasteiger partial charge on any atom is -0.497 e. The Hall–Kier alpha value is -3.10. The number of carbonyl (C=O) groups excluding carboxylic acids is 4. The third kappa shape index (κ3) is 9.24. The topological polar surface area (TPSA) is 123 Å². The van der Waals surface area contributed by atoms with Crippen molar-refractivity contribution in [2.45, 2.75) is 19.3 Å². The van der Waals surface area contributed by atoms with Crippen LogP contribution in [0.3, 0.4) is 0 Å². The molecule has 9 heteroatoms. The third-order valence-electron chi connectivity index (χ3n) is 3.54. The van der Waals surface area contributed by atoms with Gasteiger partial charge in [0.2, 0.25) is 11.8 Å². The highest BCUT2D eigenvalue weighted by molar-refractivity contribution is 5.94. The summed E-state index contributed by atoms with van der Waals surface area (Å²) >= 11 is 0. The summed E-state index contributed by atoms with van der Waals surface area (Å²) < 4.78 is 9.47. The van der Waals surface area contributed by atoms with Crippen molar-refractivity contribution in [3.05, 3.63) is 29.8 Å². The highest BCUT2D eigenvalue weighted by Gasteiger charge is 2.08. The number of amides is 3. The first kappa shape index (κ1) is 21.9. The smallest absolute Gasteiger partial charge is 0.307 e. The van der Waals surface area contributed by atoms with Crippen LogP contribution in [0.1, 0.15) is 29.6 Å². The molecule has 1 aromatic rings. The van der Waals surface area contributed by atoms with Crippen molar-refractivity contribution in [2.75, 3.05) is 33.9 Å². The molecule has 0 fully saturated rings. The molecule has 27 heavy (non-hydrogen) atoms. The Balaban J connectivity index is 2.13. The van der Waals surface area contributed by atoms with Gasteiger partial charge >= 0.3 is 5.97 Å². The van der Waals surface area contributed by atoms with E-state index in [9.17, 15) is 19.2 Å². The highest BCUT2D eigenvalue weighted by atomic mass is 16.5. The molecule has 1 rings (SSSR count). The Morgan fingerprint density at radius 1 is 0.778 bits per heavy atom. The van der Waals surface area contributed by atoms with Crippen molar-refractivity contribution < 1.29 is 28.7 Å². The van der Waals surface area contributed by atoms with E-state index in [-0.39, 0.29) is 56.6 Å². The SMILES string of the molecule is COC(=O)CCNC(=O)CCNC(=O)CCNC(=O)c1ccc(OC)cc1. The molecule has 0 aromatic heterocycles. The van der Waals surface area contributed by atoms with Gasteiger partial charge in [0, 0.05) is 38.0 Å². The van der Waals surface area contributed by atoms with Crippen molar-refractivity contribution in [3.8, 4) is 5.75 Å². The Bertz CT molecular complexity index is 645. The molecule has 0 unspecified atom stereocenters. The lowest BCUT2D eigenvalue weighted by Crippen LogP contribution is -2.34. The van der Waals surface area contributed by atoms with Gasteiger partial charge in [0.05, 0.1) is 20.6 Å². The van der Waals surface area contributed by atoms with E-state index in [1.54, 1.807) is 31.4 Å². The van der Waals surface area contributed by atoms with Crippen molar-refractivity contribution in [1.29, 1.82) is 0 Å². The summed E-state index contributed by atoms with van der Waals surface area (Å²) in [5, 5.41) is 7.79. The fourth-order valence-electron chi connectivity index (χ4n) is 2.03. The average molecular weight is 379 g/mol. The molecular weight excluding hydrogens is 354 g/mol. The monoisotopic (exact) mass is 379 g/mol. The summed E-state index contributed by atoms with van der Waals surface area (Å²) in [6, 6.07) is 6.62. The molecule has 0 atom stereocenters. The van der Waals surface area contributed by atoms with E-state index >= 15 is 0 Å². The van der Waals surface area contributed by atoms with Gasteiger partial charge < -0.3 is 25.4 Å². The van der Waals surface area contributed by atoms with Crippen LogP contribution in [0.2, 0.25) is 0 Å². The van der Waals surface area contributed by atoms with Crippen LogP contribution in [0.25, 0.3) is 0 Å². The lowest BCUT2D eigenvalue weighted by atomic mass is 10.2. The quantitative estimate of drug-likeness (QED) is 0.465. The molecule has 0 aliphatic rings. The van der Waals surface area contributed by atoms with E-state index in [1.165, 1.54) is 7.11 Å². The Kier molecular flexibility index (Phi) is 9.98. The molecule has 0 aliphatic heterocycles. The molecule has 1 aromatic carbocycles. The van der Waals surface area contributed by atoms with Crippen LogP contribution in [-0.4, -0.2) is 57.5 Å². The average Bonchev–Trinajstić information content (AvgIpc) is 2.67. The van der Waals surface area contributed by atoms with E-state index in [2.05, 4.69) is 20.7 Å². The van der Waals surface area contributed by atoms with Gasteiger partial charge in [-0.1, -0.05) is 0 Å². The second-order valence-corrected chi connectivity index (χ2v) is 5.51. The third-order valence-corrected chi connectivity index (χ3v) is 3.54. The molecular formula is C18H25N3O6. The Morgan fingerprint density at radius 3 is 1.81 bits per heavy atom. The zero-order valence-electron chi connectivity index (χ0n) is 15.5. The van der Waals surface area contributed by atoms with Gasteiger partial charge in [-0.15, -0.1) is 0 Å². The van der Waals surface area contributed by atoms with Gasteiger partial charge in [-0.05, 0) is 24.3 Å². The molecule has 0 heterocycles. The summed E-state index contributed by atoms with van der Waals surface area (Å²) in [6.45, 7) is 0.550. The molecule has 148 valence electrons. The number of esters is 1. The van der Waals surface area contributed by atoms with Crippen LogP contribution in [0.5, 0.6) is 5.75 Å². The molecule has 0 aliphatic carbocycles. The van der Waals surface area contributed by atoms with Gasteiger partial charge in [-0.25, -0.2) is 0 Å². The number of carbonyl (C=O) groups is 4. The van der Waals surface area contributed by atoms with Crippen LogP contribution >= 0.6 is 0 Å². The molecule has 0 radical (unpaired) electrons. The maximum atomic E-state index is 11.9. The van der Waals surface area contributed by atoms with Gasteiger partial charge in [0.1, 0.15) is 5.75 Å². The highest BCUT2D eigenvalue weighted by Crippen LogP contribution is 2.10. The zero-order valence-corrected chi connectivity index (χ0v) is 15.5.